The van der Waals surface area contributed by atoms with Gasteiger partial charge in [0.15, 0.2) is 0 Å². The maximum atomic E-state index is 12.9. The molecule has 2 amide bonds. The molecule has 4 N–H and O–H groups in total. The first-order valence-electron chi connectivity index (χ1n) is 4.13. The number of hydrogen-bond donors (Lipinski definition) is 3. The number of carbonyl (C=O) groups is 2. The van der Waals surface area contributed by atoms with Crippen molar-refractivity contribution in [2.75, 3.05) is 5.73 Å². The van der Waals surface area contributed by atoms with Gasteiger partial charge < -0.3 is 5.73 Å². The summed E-state index contributed by atoms with van der Waals surface area (Å²) in [4.78, 5) is 21.8. The van der Waals surface area contributed by atoms with E-state index in [0.29, 0.717) is 0 Å². The van der Waals surface area contributed by atoms with Gasteiger partial charge in [-0.15, -0.1) is 0 Å². The molecule has 1 aromatic rings. The molecule has 0 atom stereocenters. The second kappa shape index (κ2) is 4.41. The molecule has 0 aliphatic rings. The van der Waals surface area contributed by atoms with Crippen LogP contribution in [0, 0.1) is 5.82 Å². The predicted molar refractivity (Wildman–Crippen MR) is 52.1 cm³/mol. The van der Waals surface area contributed by atoms with E-state index < -0.39 is 17.6 Å². The first-order valence-corrected chi connectivity index (χ1v) is 4.13. The third-order valence-electron chi connectivity index (χ3n) is 1.65. The van der Waals surface area contributed by atoms with Crippen molar-refractivity contribution < 1.29 is 14.0 Å². The largest absolute Gasteiger partial charge is 0.396 e. The average molecular weight is 211 g/mol. The molecular weight excluding hydrogens is 201 g/mol. The number of benzene rings is 1. The molecule has 0 saturated heterocycles. The zero-order valence-electron chi connectivity index (χ0n) is 8.00. The van der Waals surface area contributed by atoms with Crippen molar-refractivity contribution in [2.45, 2.75) is 6.92 Å². The Morgan fingerprint density at radius 3 is 2.60 bits per heavy atom. The smallest absolute Gasteiger partial charge is 0.271 e. The van der Waals surface area contributed by atoms with Crippen molar-refractivity contribution in [3.63, 3.8) is 0 Å². The van der Waals surface area contributed by atoms with Gasteiger partial charge in [-0.1, -0.05) is 6.07 Å². The molecule has 0 heterocycles. The Balaban J connectivity index is 2.82. The summed E-state index contributed by atoms with van der Waals surface area (Å²) >= 11 is 0. The van der Waals surface area contributed by atoms with Gasteiger partial charge in [0.2, 0.25) is 5.91 Å². The first-order chi connectivity index (χ1) is 7.02. The quantitative estimate of drug-likeness (QED) is 0.458. The molecular formula is C9H10FN3O2. The van der Waals surface area contributed by atoms with E-state index in [9.17, 15) is 14.0 Å². The summed E-state index contributed by atoms with van der Waals surface area (Å²) < 4.78 is 12.9. The Labute approximate surface area is 85.4 Å². The number of halogens is 1. The molecule has 0 aliphatic heterocycles. The lowest BCUT2D eigenvalue weighted by Gasteiger charge is -2.07. The fourth-order valence-corrected chi connectivity index (χ4v) is 0.947. The lowest BCUT2D eigenvalue weighted by atomic mass is 10.1. The van der Waals surface area contributed by atoms with Crippen LogP contribution in [0.25, 0.3) is 0 Å². The van der Waals surface area contributed by atoms with Gasteiger partial charge in [-0.2, -0.15) is 0 Å². The second-order valence-electron chi connectivity index (χ2n) is 2.84. The van der Waals surface area contributed by atoms with Crippen LogP contribution in [0.4, 0.5) is 10.1 Å². The van der Waals surface area contributed by atoms with Crippen LogP contribution in [-0.2, 0) is 4.79 Å². The van der Waals surface area contributed by atoms with Crippen molar-refractivity contribution >= 4 is 17.5 Å². The Morgan fingerprint density at radius 1 is 1.33 bits per heavy atom. The van der Waals surface area contributed by atoms with E-state index in [1.165, 1.54) is 19.1 Å². The van der Waals surface area contributed by atoms with E-state index >= 15 is 0 Å². The van der Waals surface area contributed by atoms with Crippen LogP contribution in [0.15, 0.2) is 18.2 Å². The van der Waals surface area contributed by atoms with Crippen LogP contribution >= 0.6 is 0 Å². The molecule has 5 nitrogen and oxygen atoms in total. The summed E-state index contributed by atoms with van der Waals surface area (Å²) in [6.07, 6.45) is 0. The fraction of sp³-hybridized carbons (Fsp3) is 0.111. The molecule has 0 spiro atoms. The summed E-state index contributed by atoms with van der Waals surface area (Å²) in [5.74, 6) is -1.77. The molecule has 0 aromatic heterocycles. The van der Waals surface area contributed by atoms with Crippen molar-refractivity contribution in [1.82, 2.24) is 10.9 Å². The summed E-state index contributed by atoms with van der Waals surface area (Å²) in [5, 5.41) is 0. The topological polar surface area (TPSA) is 84.2 Å². The number of anilines is 1. The minimum atomic E-state index is -0.675. The van der Waals surface area contributed by atoms with Crippen LogP contribution in [0.5, 0.6) is 0 Å². The number of rotatable bonds is 1. The zero-order chi connectivity index (χ0) is 11.4. The summed E-state index contributed by atoms with van der Waals surface area (Å²) in [7, 11) is 0. The average Bonchev–Trinajstić information content (AvgIpc) is 2.18. The van der Waals surface area contributed by atoms with Crippen LogP contribution in [-0.4, -0.2) is 11.8 Å². The fourth-order valence-electron chi connectivity index (χ4n) is 0.947. The molecule has 0 aliphatic carbocycles. The molecule has 80 valence electrons. The maximum Gasteiger partial charge on any atom is 0.271 e. The highest BCUT2D eigenvalue weighted by Crippen LogP contribution is 2.14. The Morgan fingerprint density at radius 2 is 2.00 bits per heavy atom. The van der Waals surface area contributed by atoms with Gasteiger partial charge in [0, 0.05) is 6.92 Å². The summed E-state index contributed by atoms with van der Waals surface area (Å²) in [6.45, 7) is 1.23. The molecule has 0 fully saturated rings. The van der Waals surface area contributed by atoms with Crippen LogP contribution in [0.2, 0.25) is 0 Å². The molecule has 0 radical (unpaired) electrons. The van der Waals surface area contributed by atoms with E-state index in [2.05, 4.69) is 10.9 Å². The lowest BCUT2D eigenvalue weighted by Crippen LogP contribution is -2.40. The van der Waals surface area contributed by atoms with E-state index in [4.69, 9.17) is 5.73 Å². The molecule has 0 unspecified atom stereocenters. The van der Waals surface area contributed by atoms with Crippen molar-refractivity contribution in [2.24, 2.45) is 0 Å². The Hall–Kier alpha value is -2.11. The third kappa shape index (κ3) is 2.67. The van der Waals surface area contributed by atoms with Crippen LogP contribution < -0.4 is 16.6 Å². The van der Waals surface area contributed by atoms with E-state index in [-0.39, 0.29) is 11.3 Å². The highest BCUT2D eigenvalue weighted by Gasteiger charge is 2.12. The minimum Gasteiger partial charge on any atom is -0.396 e. The van der Waals surface area contributed by atoms with Gasteiger partial charge in [0.05, 0.1) is 11.3 Å². The first kappa shape index (κ1) is 11.0. The summed E-state index contributed by atoms with van der Waals surface area (Å²) in [5.41, 5.74) is 9.22. The predicted octanol–water partition coefficient (Wildman–Crippen LogP) is 0.189. The van der Waals surface area contributed by atoms with Crippen LogP contribution in [0.1, 0.15) is 17.3 Å². The zero-order valence-corrected chi connectivity index (χ0v) is 8.00. The third-order valence-corrected chi connectivity index (χ3v) is 1.65. The number of carbonyl (C=O) groups excluding carboxylic acids is 2. The number of hydrazine groups is 1. The van der Waals surface area contributed by atoms with Gasteiger partial charge in [-0.25, -0.2) is 4.39 Å². The number of nitrogen functional groups attached to an aromatic ring is 1. The van der Waals surface area contributed by atoms with Gasteiger partial charge in [-0.3, -0.25) is 20.4 Å². The number of nitrogens with one attached hydrogen (secondary N) is 2. The highest BCUT2D eigenvalue weighted by molar-refractivity contribution is 5.99. The van der Waals surface area contributed by atoms with E-state index in [1.54, 1.807) is 0 Å². The summed E-state index contributed by atoms with van der Waals surface area (Å²) in [6, 6.07) is 3.86. The van der Waals surface area contributed by atoms with Gasteiger partial charge in [-0.05, 0) is 12.1 Å². The Bertz CT molecular complexity index is 406. The number of hydrogen-bond acceptors (Lipinski definition) is 3. The number of amides is 2. The molecule has 6 heteroatoms. The van der Waals surface area contributed by atoms with Gasteiger partial charge >= 0.3 is 0 Å². The normalized spacial score (nSPS) is 9.47. The van der Waals surface area contributed by atoms with E-state index in [1.807, 2.05) is 0 Å². The van der Waals surface area contributed by atoms with Crippen molar-refractivity contribution in [3.8, 4) is 0 Å². The highest BCUT2D eigenvalue weighted by atomic mass is 19.1. The molecule has 0 bridgehead atoms. The molecule has 15 heavy (non-hydrogen) atoms. The SMILES string of the molecule is CC(=O)NNC(=O)c1cccc(F)c1N. The minimum absolute atomic E-state index is 0.0243. The van der Waals surface area contributed by atoms with E-state index in [0.717, 1.165) is 6.07 Å². The monoisotopic (exact) mass is 211 g/mol. The van der Waals surface area contributed by atoms with Crippen LogP contribution in [0.3, 0.4) is 0 Å². The number of para-hydroxylation sites is 1. The van der Waals surface area contributed by atoms with Crippen molar-refractivity contribution in [1.29, 1.82) is 0 Å². The molecule has 1 aromatic carbocycles. The van der Waals surface area contributed by atoms with Gasteiger partial charge in [0.1, 0.15) is 5.82 Å². The second-order valence-corrected chi connectivity index (χ2v) is 2.84. The van der Waals surface area contributed by atoms with Gasteiger partial charge in [0.25, 0.3) is 5.91 Å². The lowest BCUT2D eigenvalue weighted by molar-refractivity contribution is -0.119. The molecule has 1 rings (SSSR count). The molecule has 0 saturated carbocycles. The van der Waals surface area contributed by atoms with Crippen molar-refractivity contribution in [3.05, 3.63) is 29.6 Å². The number of nitrogens with two attached hydrogens (primary N) is 1. The Kier molecular flexibility index (Phi) is 3.22. The maximum absolute atomic E-state index is 12.9. The standard InChI is InChI=1S/C9H10FN3O2/c1-5(14)12-13-9(15)6-3-2-4-7(10)8(6)11/h2-4H,11H2,1H3,(H,12,14)(H,13,15).